The lowest BCUT2D eigenvalue weighted by atomic mass is 10.4. The molecule has 0 aromatic heterocycles. The van der Waals surface area contributed by atoms with Gasteiger partial charge in [-0.25, -0.2) is 0 Å². The standard InChI is InChI=1S/C10H17N3O4/c11-8(14)4-13(6-10(16)17)5-9(15)12-3-7-1-2-7/h7H,1-6H2,(H2,11,14)(H,12,15)(H,16,17). The topological polar surface area (TPSA) is 113 Å². The summed E-state index contributed by atoms with van der Waals surface area (Å²) >= 11 is 0. The summed E-state index contributed by atoms with van der Waals surface area (Å²) in [7, 11) is 0. The molecule has 7 nitrogen and oxygen atoms in total. The average molecular weight is 243 g/mol. The van der Waals surface area contributed by atoms with E-state index in [4.69, 9.17) is 10.8 Å². The van der Waals surface area contributed by atoms with E-state index < -0.39 is 11.9 Å². The van der Waals surface area contributed by atoms with Gasteiger partial charge in [-0.15, -0.1) is 0 Å². The molecule has 17 heavy (non-hydrogen) atoms. The Morgan fingerprint density at radius 3 is 2.35 bits per heavy atom. The first kappa shape index (κ1) is 13.4. The number of nitrogens with zero attached hydrogens (tertiary/aromatic N) is 1. The van der Waals surface area contributed by atoms with Gasteiger partial charge in [0.2, 0.25) is 11.8 Å². The number of primary amides is 1. The van der Waals surface area contributed by atoms with Crippen molar-refractivity contribution in [2.75, 3.05) is 26.2 Å². The molecule has 0 radical (unpaired) electrons. The fraction of sp³-hybridized carbons (Fsp3) is 0.700. The number of carboxylic acid groups (broad SMARTS) is 1. The maximum atomic E-state index is 11.5. The largest absolute Gasteiger partial charge is 0.480 e. The molecule has 7 heteroatoms. The molecular formula is C10H17N3O4. The van der Waals surface area contributed by atoms with Crippen molar-refractivity contribution in [3.05, 3.63) is 0 Å². The summed E-state index contributed by atoms with van der Waals surface area (Å²) in [5, 5.41) is 11.3. The first-order chi connectivity index (χ1) is 7.97. The summed E-state index contributed by atoms with van der Waals surface area (Å²) in [6, 6.07) is 0. The number of hydrogen-bond donors (Lipinski definition) is 3. The van der Waals surface area contributed by atoms with E-state index in [0.29, 0.717) is 12.5 Å². The minimum absolute atomic E-state index is 0.123. The van der Waals surface area contributed by atoms with E-state index in [-0.39, 0.29) is 25.5 Å². The molecule has 0 atom stereocenters. The fourth-order valence-corrected chi connectivity index (χ4v) is 1.42. The second-order valence-electron chi connectivity index (χ2n) is 4.25. The highest BCUT2D eigenvalue weighted by Gasteiger charge is 2.22. The predicted octanol–water partition coefficient (Wildman–Crippen LogP) is -1.62. The molecule has 0 spiro atoms. The van der Waals surface area contributed by atoms with E-state index in [1.807, 2.05) is 0 Å². The Labute approximate surface area is 98.9 Å². The van der Waals surface area contributed by atoms with E-state index in [9.17, 15) is 14.4 Å². The Morgan fingerprint density at radius 2 is 1.88 bits per heavy atom. The van der Waals surface area contributed by atoms with Crippen molar-refractivity contribution < 1.29 is 19.5 Å². The van der Waals surface area contributed by atoms with Crippen LogP contribution in [-0.4, -0.2) is 54.0 Å². The third-order valence-corrected chi connectivity index (χ3v) is 2.39. The lowest BCUT2D eigenvalue weighted by molar-refractivity contribution is -0.139. The molecule has 96 valence electrons. The third kappa shape index (κ3) is 6.52. The summed E-state index contributed by atoms with van der Waals surface area (Å²) in [4.78, 5) is 33.9. The summed E-state index contributed by atoms with van der Waals surface area (Å²) < 4.78 is 0. The average Bonchev–Trinajstić information content (AvgIpc) is 2.95. The van der Waals surface area contributed by atoms with Crippen LogP contribution in [0.4, 0.5) is 0 Å². The van der Waals surface area contributed by atoms with Crippen LogP contribution in [0.1, 0.15) is 12.8 Å². The molecule has 0 unspecified atom stereocenters. The smallest absolute Gasteiger partial charge is 0.317 e. The summed E-state index contributed by atoms with van der Waals surface area (Å²) in [6.45, 7) is -0.110. The molecule has 1 aliphatic rings. The molecule has 0 aromatic rings. The van der Waals surface area contributed by atoms with Crippen molar-refractivity contribution in [3.8, 4) is 0 Å². The number of nitrogens with one attached hydrogen (secondary N) is 1. The van der Waals surface area contributed by atoms with Gasteiger partial charge in [0.05, 0.1) is 19.6 Å². The van der Waals surface area contributed by atoms with Crippen molar-refractivity contribution in [2.45, 2.75) is 12.8 Å². The zero-order chi connectivity index (χ0) is 12.8. The van der Waals surface area contributed by atoms with Gasteiger partial charge in [-0.05, 0) is 18.8 Å². The minimum atomic E-state index is -1.10. The van der Waals surface area contributed by atoms with Crippen LogP contribution in [-0.2, 0) is 14.4 Å². The summed E-state index contributed by atoms with van der Waals surface area (Å²) in [5.74, 6) is -1.47. The third-order valence-electron chi connectivity index (χ3n) is 2.39. The highest BCUT2D eigenvalue weighted by molar-refractivity contribution is 5.81. The van der Waals surface area contributed by atoms with Gasteiger partial charge in [-0.2, -0.15) is 0 Å². The number of nitrogens with two attached hydrogens (primary N) is 1. The van der Waals surface area contributed by atoms with Crippen molar-refractivity contribution in [3.63, 3.8) is 0 Å². The molecule has 0 aromatic carbocycles. The molecule has 0 heterocycles. The maximum Gasteiger partial charge on any atom is 0.317 e. The van der Waals surface area contributed by atoms with Gasteiger partial charge in [0, 0.05) is 6.54 Å². The first-order valence-electron chi connectivity index (χ1n) is 5.46. The Balaban J connectivity index is 2.31. The molecular weight excluding hydrogens is 226 g/mol. The zero-order valence-corrected chi connectivity index (χ0v) is 9.52. The molecule has 0 bridgehead atoms. The molecule has 1 fully saturated rings. The minimum Gasteiger partial charge on any atom is -0.480 e. The lowest BCUT2D eigenvalue weighted by Gasteiger charge is -2.17. The van der Waals surface area contributed by atoms with Crippen LogP contribution in [0.3, 0.4) is 0 Å². The molecule has 1 saturated carbocycles. The van der Waals surface area contributed by atoms with Crippen LogP contribution in [0.15, 0.2) is 0 Å². The SMILES string of the molecule is NC(=O)CN(CC(=O)O)CC(=O)NCC1CC1. The number of carbonyl (C=O) groups is 3. The number of carboxylic acids is 1. The number of amides is 2. The quantitative estimate of drug-likeness (QED) is 0.474. The van der Waals surface area contributed by atoms with Crippen molar-refractivity contribution in [1.82, 2.24) is 10.2 Å². The van der Waals surface area contributed by atoms with Crippen LogP contribution in [0.2, 0.25) is 0 Å². The number of carbonyl (C=O) groups excluding carboxylic acids is 2. The van der Waals surface area contributed by atoms with Crippen LogP contribution in [0, 0.1) is 5.92 Å². The van der Waals surface area contributed by atoms with Crippen LogP contribution >= 0.6 is 0 Å². The van der Waals surface area contributed by atoms with Gasteiger partial charge in [-0.1, -0.05) is 0 Å². The van der Waals surface area contributed by atoms with E-state index in [0.717, 1.165) is 12.8 Å². The number of aliphatic carboxylic acids is 1. The Hall–Kier alpha value is -1.63. The van der Waals surface area contributed by atoms with Crippen LogP contribution in [0.5, 0.6) is 0 Å². The molecule has 4 N–H and O–H groups in total. The second-order valence-corrected chi connectivity index (χ2v) is 4.25. The molecule has 1 rings (SSSR count). The number of rotatable bonds is 8. The van der Waals surface area contributed by atoms with Gasteiger partial charge in [-0.3, -0.25) is 19.3 Å². The van der Waals surface area contributed by atoms with Gasteiger partial charge < -0.3 is 16.2 Å². The monoisotopic (exact) mass is 243 g/mol. The van der Waals surface area contributed by atoms with Crippen molar-refractivity contribution in [1.29, 1.82) is 0 Å². The van der Waals surface area contributed by atoms with Gasteiger partial charge in [0.1, 0.15) is 0 Å². The predicted molar refractivity (Wildman–Crippen MR) is 59.0 cm³/mol. The number of hydrogen-bond acceptors (Lipinski definition) is 4. The van der Waals surface area contributed by atoms with E-state index >= 15 is 0 Å². The van der Waals surface area contributed by atoms with Crippen molar-refractivity contribution >= 4 is 17.8 Å². The highest BCUT2D eigenvalue weighted by Crippen LogP contribution is 2.27. The molecule has 1 aliphatic carbocycles. The molecule has 2 amide bonds. The van der Waals surface area contributed by atoms with Gasteiger partial charge in [0.25, 0.3) is 0 Å². The molecule has 0 saturated heterocycles. The van der Waals surface area contributed by atoms with Gasteiger partial charge >= 0.3 is 5.97 Å². The van der Waals surface area contributed by atoms with Crippen molar-refractivity contribution in [2.24, 2.45) is 11.7 Å². The lowest BCUT2D eigenvalue weighted by Crippen LogP contribution is -2.44. The first-order valence-corrected chi connectivity index (χ1v) is 5.46. The Bertz CT molecular complexity index is 299. The highest BCUT2D eigenvalue weighted by atomic mass is 16.4. The van der Waals surface area contributed by atoms with Gasteiger partial charge in [0.15, 0.2) is 0 Å². The van der Waals surface area contributed by atoms with Crippen LogP contribution in [0.25, 0.3) is 0 Å². The Kier molecular flexibility index (Phi) is 4.89. The second kappa shape index (κ2) is 6.19. The fourth-order valence-electron chi connectivity index (χ4n) is 1.42. The normalized spacial score (nSPS) is 14.6. The molecule has 0 aliphatic heterocycles. The maximum absolute atomic E-state index is 11.5. The van der Waals surface area contributed by atoms with E-state index in [1.54, 1.807) is 0 Å². The Morgan fingerprint density at radius 1 is 1.24 bits per heavy atom. The van der Waals surface area contributed by atoms with E-state index in [2.05, 4.69) is 5.32 Å². The zero-order valence-electron chi connectivity index (χ0n) is 9.52. The van der Waals surface area contributed by atoms with Crippen LogP contribution < -0.4 is 11.1 Å². The van der Waals surface area contributed by atoms with E-state index in [1.165, 1.54) is 4.90 Å². The summed E-state index contributed by atoms with van der Waals surface area (Å²) in [5.41, 5.74) is 4.97. The summed E-state index contributed by atoms with van der Waals surface area (Å²) in [6.07, 6.45) is 2.25.